The second-order valence-corrected chi connectivity index (χ2v) is 4.86. The zero-order valence-electron chi connectivity index (χ0n) is 8.98. The van der Waals surface area contributed by atoms with E-state index in [2.05, 4.69) is 37.9 Å². The van der Waals surface area contributed by atoms with Crippen LogP contribution >= 0.6 is 22.6 Å². The van der Waals surface area contributed by atoms with Gasteiger partial charge in [-0.3, -0.25) is 4.79 Å². The maximum atomic E-state index is 11.7. The Labute approximate surface area is 108 Å². The number of aromatic nitrogens is 2. The zero-order chi connectivity index (χ0) is 11.5. The second-order valence-electron chi connectivity index (χ2n) is 3.61. The Morgan fingerprint density at radius 2 is 2.25 bits per heavy atom. The highest BCUT2D eigenvalue weighted by atomic mass is 127. The summed E-state index contributed by atoms with van der Waals surface area (Å²) in [4.78, 5) is 22.2. The summed E-state index contributed by atoms with van der Waals surface area (Å²) in [6, 6.07) is -0.145. The highest BCUT2D eigenvalue weighted by Gasteiger charge is 2.29. The van der Waals surface area contributed by atoms with Gasteiger partial charge in [0.1, 0.15) is 6.04 Å². The Kier molecular flexibility index (Phi) is 3.57. The molecule has 0 bridgehead atoms. The van der Waals surface area contributed by atoms with Gasteiger partial charge in [0.05, 0.1) is 0 Å². The Hall–Kier alpha value is -0.920. The van der Waals surface area contributed by atoms with Gasteiger partial charge in [0, 0.05) is 29.1 Å². The summed E-state index contributed by atoms with van der Waals surface area (Å²) >= 11 is 2.16. The van der Waals surface area contributed by atoms with E-state index in [1.807, 2.05) is 11.8 Å². The summed E-state index contributed by atoms with van der Waals surface area (Å²) in [6.45, 7) is 3.42. The third-order valence-electron chi connectivity index (χ3n) is 2.58. The fraction of sp³-hybridized carbons (Fsp3) is 0.500. The van der Waals surface area contributed by atoms with E-state index < -0.39 is 0 Å². The topological polar surface area (TPSA) is 58.1 Å². The first-order valence-electron chi connectivity index (χ1n) is 5.24. The van der Waals surface area contributed by atoms with Crippen molar-refractivity contribution in [3.05, 3.63) is 16.0 Å². The zero-order valence-corrected chi connectivity index (χ0v) is 11.1. The number of anilines is 1. The van der Waals surface area contributed by atoms with E-state index in [4.69, 9.17) is 0 Å². The molecule has 2 heterocycles. The lowest BCUT2D eigenvalue weighted by atomic mass is 10.1. The van der Waals surface area contributed by atoms with E-state index in [-0.39, 0.29) is 11.9 Å². The molecular formula is C10H13IN4O. The van der Waals surface area contributed by atoms with Crippen molar-refractivity contribution < 1.29 is 4.79 Å². The van der Waals surface area contributed by atoms with Crippen LogP contribution in [0.2, 0.25) is 0 Å². The van der Waals surface area contributed by atoms with E-state index in [0.717, 1.165) is 16.5 Å². The summed E-state index contributed by atoms with van der Waals surface area (Å²) < 4.78 is 0.996. The van der Waals surface area contributed by atoms with Gasteiger partial charge in [-0.05, 0) is 29.0 Å². The molecule has 0 aromatic carbocycles. The number of hydrogen-bond acceptors (Lipinski definition) is 4. The minimum Gasteiger partial charge on any atom is -0.353 e. The third kappa shape index (κ3) is 2.26. The molecule has 1 fully saturated rings. The van der Waals surface area contributed by atoms with Gasteiger partial charge in [0.25, 0.3) is 0 Å². The molecule has 0 saturated carbocycles. The van der Waals surface area contributed by atoms with Gasteiger partial charge in [-0.1, -0.05) is 6.92 Å². The highest BCUT2D eigenvalue weighted by molar-refractivity contribution is 14.1. The van der Waals surface area contributed by atoms with E-state index in [1.54, 1.807) is 12.4 Å². The highest BCUT2D eigenvalue weighted by Crippen LogP contribution is 2.16. The van der Waals surface area contributed by atoms with Gasteiger partial charge in [0.2, 0.25) is 11.9 Å². The first-order valence-corrected chi connectivity index (χ1v) is 6.32. The van der Waals surface area contributed by atoms with Crippen molar-refractivity contribution in [2.24, 2.45) is 0 Å². The molecule has 0 spiro atoms. The average molecular weight is 332 g/mol. The summed E-state index contributed by atoms with van der Waals surface area (Å²) in [6.07, 6.45) is 4.30. The Bertz CT molecular complexity index is 381. The first kappa shape index (κ1) is 11.6. The van der Waals surface area contributed by atoms with Crippen LogP contribution in [0.3, 0.4) is 0 Å². The van der Waals surface area contributed by atoms with Gasteiger partial charge in [0.15, 0.2) is 0 Å². The number of carbonyl (C=O) groups excluding carboxylic acids is 1. The summed E-state index contributed by atoms with van der Waals surface area (Å²) in [5, 5.41) is 2.86. The number of halogens is 1. The fourth-order valence-electron chi connectivity index (χ4n) is 1.81. The van der Waals surface area contributed by atoms with Crippen molar-refractivity contribution in [1.82, 2.24) is 15.3 Å². The molecular weight excluding hydrogens is 319 g/mol. The van der Waals surface area contributed by atoms with E-state index in [9.17, 15) is 4.79 Å². The SMILES string of the molecule is CCC1C(=O)NCCN1c1ncc(I)cn1. The molecule has 0 aliphatic carbocycles. The molecule has 0 radical (unpaired) electrons. The largest absolute Gasteiger partial charge is 0.353 e. The van der Waals surface area contributed by atoms with Gasteiger partial charge in [-0.2, -0.15) is 0 Å². The maximum Gasteiger partial charge on any atom is 0.242 e. The Morgan fingerprint density at radius 1 is 1.56 bits per heavy atom. The lowest BCUT2D eigenvalue weighted by molar-refractivity contribution is -0.123. The number of nitrogens with one attached hydrogen (secondary N) is 1. The van der Waals surface area contributed by atoms with Crippen molar-refractivity contribution in [3.63, 3.8) is 0 Å². The Balaban J connectivity index is 2.24. The van der Waals surface area contributed by atoms with E-state index >= 15 is 0 Å². The molecule has 16 heavy (non-hydrogen) atoms. The lowest BCUT2D eigenvalue weighted by Crippen LogP contribution is -2.55. The molecule has 6 heteroatoms. The summed E-state index contributed by atoms with van der Waals surface area (Å²) in [7, 11) is 0. The number of amides is 1. The van der Waals surface area contributed by atoms with Gasteiger partial charge in [-0.15, -0.1) is 0 Å². The number of hydrogen-bond donors (Lipinski definition) is 1. The van der Waals surface area contributed by atoms with Crippen molar-refractivity contribution >= 4 is 34.4 Å². The lowest BCUT2D eigenvalue weighted by Gasteiger charge is -2.34. The maximum absolute atomic E-state index is 11.7. The molecule has 86 valence electrons. The van der Waals surface area contributed by atoms with Crippen LogP contribution in [0.25, 0.3) is 0 Å². The van der Waals surface area contributed by atoms with Crippen molar-refractivity contribution in [3.8, 4) is 0 Å². The molecule has 1 amide bonds. The third-order valence-corrected chi connectivity index (χ3v) is 3.14. The quantitative estimate of drug-likeness (QED) is 0.814. The molecule has 1 aromatic heterocycles. The van der Waals surface area contributed by atoms with Crippen LogP contribution < -0.4 is 10.2 Å². The molecule has 1 unspecified atom stereocenters. The number of rotatable bonds is 2. The predicted octanol–water partition coefficient (Wildman–Crippen LogP) is 0.796. The minimum absolute atomic E-state index is 0.0656. The fourth-order valence-corrected chi connectivity index (χ4v) is 2.09. The predicted molar refractivity (Wildman–Crippen MR) is 69.2 cm³/mol. The number of nitrogens with zero attached hydrogens (tertiary/aromatic N) is 3. The van der Waals surface area contributed by atoms with Crippen LogP contribution in [0.15, 0.2) is 12.4 Å². The standard InChI is InChI=1S/C10H13IN4O/c1-2-8-9(16)12-3-4-15(8)10-13-5-7(11)6-14-10/h5-6,8H,2-4H2,1H3,(H,12,16). The monoisotopic (exact) mass is 332 g/mol. The molecule has 1 saturated heterocycles. The van der Waals surface area contributed by atoms with Crippen molar-refractivity contribution in [2.45, 2.75) is 19.4 Å². The smallest absolute Gasteiger partial charge is 0.242 e. The van der Waals surface area contributed by atoms with Crippen molar-refractivity contribution in [1.29, 1.82) is 0 Å². The van der Waals surface area contributed by atoms with E-state index in [0.29, 0.717) is 12.5 Å². The van der Waals surface area contributed by atoms with Crippen LogP contribution in [-0.4, -0.2) is 35.0 Å². The van der Waals surface area contributed by atoms with E-state index in [1.165, 1.54) is 0 Å². The normalized spacial score (nSPS) is 20.8. The first-order chi connectivity index (χ1) is 7.72. The molecule has 2 rings (SSSR count). The summed E-state index contributed by atoms with van der Waals surface area (Å²) in [5.41, 5.74) is 0. The number of piperazine rings is 1. The molecule has 5 nitrogen and oxygen atoms in total. The van der Waals surface area contributed by atoms with Crippen LogP contribution in [0.5, 0.6) is 0 Å². The van der Waals surface area contributed by atoms with Crippen LogP contribution in [0, 0.1) is 3.57 Å². The van der Waals surface area contributed by atoms with Crippen LogP contribution in [0.4, 0.5) is 5.95 Å². The Morgan fingerprint density at radius 3 is 2.88 bits per heavy atom. The van der Waals surface area contributed by atoms with Crippen LogP contribution in [-0.2, 0) is 4.79 Å². The molecule has 1 aliphatic heterocycles. The van der Waals surface area contributed by atoms with Gasteiger partial charge < -0.3 is 10.2 Å². The second kappa shape index (κ2) is 4.94. The summed E-state index contributed by atoms with van der Waals surface area (Å²) in [5.74, 6) is 0.706. The van der Waals surface area contributed by atoms with Crippen LogP contribution in [0.1, 0.15) is 13.3 Å². The van der Waals surface area contributed by atoms with Gasteiger partial charge in [-0.25, -0.2) is 9.97 Å². The average Bonchev–Trinajstić information content (AvgIpc) is 2.30. The molecule has 1 N–H and O–H groups in total. The van der Waals surface area contributed by atoms with Gasteiger partial charge >= 0.3 is 0 Å². The number of carbonyl (C=O) groups is 1. The molecule has 1 aliphatic rings. The van der Waals surface area contributed by atoms with Crippen molar-refractivity contribution in [2.75, 3.05) is 18.0 Å². The minimum atomic E-state index is -0.145. The molecule has 1 atom stereocenters. The molecule has 1 aromatic rings.